The molecule has 5 aromatic rings. The third-order valence-corrected chi connectivity index (χ3v) is 7.20. The topological polar surface area (TPSA) is 90.0 Å². The summed E-state index contributed by atoms with van der Waals surface area (Å²) in [6.07, 6.45) is 0.566. The van der Waals surface area contributed by atoms with Crippen LogP contribution in [0.5, 0.6) is 11.5 Å². The van der Waals surface area contributed by atoms with E-state index in [2.05, 4.69) is 0 Å². The number of nitrogens with two attached hydrogens (primary N) is 1. The number of methoxy groups -OCH3 is 2. The highest BCUT2D eigenvalue weighted by Crippen LogP contribution is 2.36. The SMILES string of the molecule is COc1ccc(-c2cc(C(=O)N3N=C(c4ccc(N)cc4)CC3c3ccc(OC)cc3)c3ccccc3n2)cc1. The average molecular weight is 529 g/mol. The number of carbonyl (C=O) groups is 1. The monoisotopic (exact) mass is 528 g/mol. The van der Waals surface area contributed by atoms with Gasteiger partial charge in [0, 0.05) is 23.1 Å². The third kappa shape index (κ3) is 4.73. The molecule has 0 spiro atoms. The lowest BCUT2D eigenvalue weighted by Gasteiger charge is -2.23. The molecular weight excluding hydrogens is 500 g/mol. The lowest BCUT2D eigenvalue weighted by Crippen LogP contribution is -2.27. The number of aromatic nitrogens is 1. The van der Waals surface area contributed by atoms with Crippen LogP contribution in [-0.4, -0.2) is 35.8 Å². The minimum absolute atomic E-state index is 0.195. The number of amides is 1. The third-order valence-electron chi connectivity index (χ3n) is 7.20. The molecule has 4 aromatic carbocycles. The fourth-order valence-electron chi connectivity index (χ4n) is 5.02. The number of ether oxygens (including phenoxy) is 2. The van der Waals surface area contributed by atoms with E-state index < -0.39 is 0 Å². The first-order valence-corrected chi connectivity index (χ1v) is 13.0. The number of fused-ring (bicyclic) bond motifs is 1. The molecule has 0 aliphatic carbocycles. The minimum atomic E-state index is -0.290. The van der Waals surface area contributed by atoms with Gasteiger partial charge in [0.25, 0.3) is 5.91 Å². The molecule has 7 nitrogen and oxygen atoms in total. The first-order chi connectivity index (χ1) is 19.5. The highest BCUT2D eigenvalue weighted by atomic mass is 16.5. The Bertz CT molecular complexity index is 1710. The van der Waals surface area contributed by atoms with Gasteiger partial charge in [-0.1, -0.05) is 42.5 Å². The number of carbonyl (C=O) groups excluding carboxylic acids is 1. The Hall–Kier alpha value is -5.17. The molecule has 1 aromatic heterocycles. The number of para-hydroxylation sites is 1. The van der Waals surface area contributed by atoms with E-state index in [1.165, 1.54) is 0 Å². The van der Waals surface area contributed by atoms with E-state index in [4.69, 9.17) is 25.3 Å². The zero-order valence-electron chi connectivity index (χ0n) is 22.2. The number of hydrazone groups is 1. The lowest BCUT2D eigenvalue weighted by atomic mass is 9.97. The first-order valence-electron chi connectivity index (χ1n) is 13.0. The van der Waals surface area contributed by atoms with Gasteiger partial charge in [-0.3, -0.25) is 4.79 Å². The molecule has 1 atom stereocenters. The molecule has 198 valence electrons. The van der Waals surface area contributed by atoms with E-state index in [-0.39, 0.29) is 11.9 Å². The second-order valence-electron chi connectivity index (χ2n) is 9.61. The molecule has 7 heteroatoms. The van der Waals surface area contributed by atoms with Crippen molar-refractivity contribution >= 4 is 28.2 Å². The van der Waals surface area contributed by atoms with Gasteiger partial charge >= 0.3 is 0 Å². The molecule has 2 heterocycles. The molecule has 1 unspecified atom stereocenters. The van der Waals surface area contributed by atoms with Crippen LogP contribution < -0.4 is 15.2 Å². The van der Waals surface area contributed by atoms with Crippen LogP contribution in [0.1, 0.15) is 33.9 Å². The summed E-state index contributed by atoms with van der Waals surface area (Å²) in [6, 6.07) is 32.3. The molecule has 0 bridgehead atoms. The molecule has 0 saturated carbocycles. The molecule has 1 aliphatic rings. The second-order valence-corrected chi connectivity index (χ2v) is 9.61. The largest absolute Gasteiger partial charge is 0.497 e. The number of nitrogens with zero attached hydrogens (tertiary/aromatic N) is 3. The number of anilines is 1. The van der Waals surface area contributed by atoms with Crippen LogP contribution in [0.25, 0.3) is 22.2 Å². The number of hydrogen-bond donors (Lipinski definition) is 1. The molecule has 2 N–H and O–H groups in total. The summed E-state index contributed by atoms with van der Waals surface area (Å²) in [7, 11) is 3.27. The van der Waals surface area contributed by atoms with Gasteiger partial charge in [-0.05, 0) is 71.8 Å². The Balaban J connectivity index is 1.46. The van der Waals surface area contributed by atoms with Crippen molar-refractivity contribution in [1.29, 1.82) is 0 Å². The van der Waals surface area contributed by atoms with E-state index in [1.54, 1.807) is 19.2 Å². The van der Waals surface area contributed by atoms with Gasteiger partial charge in [0.05, 0.1) is 42.7 Å². The maximum absolute atomic E-state index is 14.4. The van der Waals surface area contributed by atoms with Crippen molar-refractivity contribution in [2.45, 2.75) is 12.5 Å². The van der Waals surface area contributed by atoms with Gasteiger partial charge < -0.3 is 15.2 Å². The Morgan fingerprint density at radius 2 is 1.45 bits per heavy atom. The van der Waals surface area contributed by atoms with Crippen molar-refractivity contribution in [3.63, 3.8) is 0 Å². The van der Waals surface area contributed by atoms with Gasteiger partial charge in [0.2, 0.25) is 0 Å². The summed E-state index contributed by atoms with van der Waals surface area (Å²) < 4.78 is 10.7. The van der Waals surface area contributed by atoms with Crippen LogP contribution in [0, 0.1) is 0 Å². The summed E-state index contributed by atoms with van der Waals surface area (Å²) in [5, 5.41) is 7.26. The van der Waals surface area contributed by atoms with E-state index >= 15 is 0 Å². The van der Waals surface area contributed by atoms with E-state index in [0.717, 1.165) is 44.8 Å². The summed E-state index contributed by atoms with van der Waals surface area (Å²) in [6.45, 7) is 0. The van der Waals surface area contributed by atoms with Crippen molar-refractivity contribution in [3.05, 3.63) is 120 Å². The highest BCUT2D eigenvalue weighted by molar-refractivity contribution is 6.10. The van der Waals surface area contributed by atoms with Crippen LogP contribution in [0.4, 0.5) is 5.69 Å². The van der Waals surface area contributed by atoms with Crippen LogP contribution in [-0.2, 0) is 0 Å². The molecule has 40 heavy (non-hydrogen) atoms. The first kappa shape index (κ1) is 25.1. The molecule has 0 radical (unpaired) electrons. The van der Waals surface area contributed by atoms with E-state index in [1.807, 2.05) is 103 Å². The van der Waals surface area contributed by atoms with Crippen LogP contribution in [0.2, 0.25) is 0 Å². The molecule has 0 fully saturated rings. The Morgan fingerprint density at radius 3 is 2.12 bits per heavy atom. The molecular formula is C33H28N4O3. The van der Waals surface area contributed by atoms with Crippen LogP contribution >= 0.6 is 0 Å². The van der Waals surface area contributed by atoms with Crippen molar-refractivity contribution < 1.29 is 14.3 Å². The minimum Gasteiger partial charge on any atom is -0.497 e. The Kier molecular flexibility index (Phi) is 6.62. The summed E-state index contributed by atoms with van der Waals surface area (Å²) in [4.78, 5) is 19.3. The number of hydrogen-bond acceptors (Lipinski definition) is 6. The predicted molar refractivity (Wildman–Crippen MR) is 158 cm³/mol. The number of benzene rings is 4. The average Bonchev–Trinajstić information content (AvgIpc) is 3.46. The molecule has 1 amide bonds. The predicted octanol–water partition coefficient (Wildman–Crippen LogP) is 6.49. The molecule has 6 rings (SSSR count). The fourth-order valence-corrected chi connectivity index (χ4v) is 5.02. The van der Waals surface area contributed by atoms with Crippen LogP contribution in [0.15, 0.2) is 108 Å². The van der Waals surface area contributed by atoms with Crippen molar-refractivity contribution in [3.8, 4) is 22.8 Å². The quantitative estimate of drug-likeness (QED) is 0.254. The van der Waals surface area contributed by atoms with Crippen molar-refractivity contribution in [2.75, 3.05) is 20.0 Å². The number of nitrogen functional groups attached to an aromatic ring is 1. The van der Waals surface area contributed by atoms with Crippen LogP contribution in [0.3, 0.4) is 0 Å². The van der Waals surface area contributed by atoms with Crippen molar-refractivity contribution in [1.82, 2.24) is 9.99 Å². The van der Waals surface area contributed by atoms with Crippen molar-refractivity contribution in [2.24, 2.45) is 5.10 Å². The molecule has 0 saturated heterocycles. The van der Waals surface area contributed by atoms with Gasteiger partial charge in [0.15, 0.2) is 0 Å². The van der Waals surface area contributed by atoms with E-state index in [0.29, 0.717) is 23.4 Å². The normalized spacial score (nSPS) is 14.7. The maximum atomic E-state index is 14.4. The van der Waals surface area contributed by atoms with E-state index in [9.17, 15) is 4.79 Å². The number of pyridine rings is 1. The smallest absolute Gasteiger partial charge is 0.275 e. The zero-order chi connectivity index (χ0) is 27.6. The number of rotatable bonds is 6. The van der Waals surface area contributed by atoms with Gasteiger partial charge in [-0.2, -0.15) is 5.10 Å². The maximum Gasteiger partial charge on any atom is 0.275 e. The summed E-state index contributed by atoms with van der Waals surface area (Å²) in [5.74, 6) is 1.31. The Morgan fingerprint density at radius 1 is 0.825 bits per heavy atom. The van der Waals surface area contributed by atoms with Gasteiger partial charge in [-0.25, -0.2) is 9.99 Å². The zero-order valence-corrected chi connectivity index (χ0v) is 22.2. The summed E-state index contributed by atoms with van der Waals surface area (Å²) >= 11 is 0. The fraction of sp³-hybridized carbons (Fsp3) is 0.121. The summed E-state index contributed by atoms with van der Waals surface area (Å²) in [5.41, 5.74) is 12.2. The standard InChI is InChI=1S/C33H28N4O3/c1-39-25-15-9-21(10-16-25)30-19-28(27-5-3-4-6-29(27)35-30)33(38)37-32(23-11-17-26(40-2)18-12-23)20-31(36-37)22-7-13-24(34)14-8-22/h3-19,32H,20,34H2,1-2H3. The van der Waals surface area contributed by atoms with Gasteiger partial charge in [-0.15, -0.1) is 0 Å². The van der Waals surface area contributed by atoms with Gasteiger partial charge in [0.1, 0.15) is 11.5 Å². The second kappa shape index (κ2) is 10.5. The molecule has 1 aliphatic heterocycles. The Labute approximate surface area is 232 Å². The highest BCUT2D eigenvalue weighted by Gasteiger charge is 2.34. The lowest BCUT2D eigenvalue weighted by molar-refractivity contribution is 0.0713.